The molecule has 0 N–H and O–H groups in total. The molecule has 0 rings (SSSR count). The number of rotatable bonds is 58. The van der Waals surface area contributed by atoms with Crippen LogP contribution in [0.25, 0.3) is 0 Å². The van der Waals surface area contributed by atoms with E-state index < -0.39 is 6.10 Å². The highest BCUT2D eigenvalue weighted by Gasteiger charge is 2.19. The summed E-state index contributed by atoms with van der Waals surface area (Å²) in [5.41, 5.74) is 0. The summed E-state index contributed by atoms with van der Waals surface area (Å²) in [6.45, 7) is 9.09. The van der Waals surface area contributed by atoms with Crippen molar-refractivity contribution in [2.75, 3.05) is 13.2 Å². The quantitative estimate of drug-likeness (QED) is 0.0343. The molecule has 0 fully saturated rings. The average Bonchev–Trinajstić information content (AvgIpc) is 3.34. The predicted molar refractivity (Wildman–Crippen MR) is 298 cm³/mol. The largest absolute Gasteiger partial charge is 0.462 e. The molecule has 6 heteroatoms. The zero-order valence-corrected chi connectivity index (χ0v) is 47.3. The van der Waals surface area contributed by atoms with Crippen molar-refractivity contribution in [1.29, 1.82) is 0 Å². The Balaban J connectivity index is 4.25. The third-order valence-electron chi connectivity index (χ3n) is 14.5. The van der Waals surface area contributed by atoms with Crippen LogP contribution in [0.5, 0.6) is 0 Å². The summed E-state index contributed by atoms with van der Waals surface area (Å²) in [6, 6.07) is 0. The van der Waals surface area contributed by atoms with Crippen molar-refractivity contribution >= 4 is 17.9 Å². The molecule has 6 nitrogen and oxygen atoms in total. The van der Waals surface area contributed by atoms with Crippen molar-refractivity contribution in [3.63, 3.8) is 0 Å². The van der Waals surface area contributed by atoms with Crippen molar-refractivity contribution in [1.82, 2.24) is 0 Å². The van der Waals surface area contributed by atoms with Crippen molar-refractivity contribution in [3.05, 3.63) is 0 Å². The van der Waals surface area contributed by atoms with E-state index in [1.807, 2.05) is 0 Å². The van der Waals surface area contributed by atoms with Crippen LogP contribution >= 0.6 is 0 Å². The Bertz CT molecular complexity index is 1040. The van der Waals surface area contributed by atoms with Crippen molar-refractivity contribution in [2.24, 2.45) is 5.92 Å². The SMILES string of the molecule is CCCCCCCCCCCCCCCCCCCC(=O)OC[C@H](COC(=O)CCCCCCCCCCCCCCC)OC(=O)CCCCCCCCCCCCCCCCCCCCC(C)C. The second-order valence-corrected chi connectivity index (χ2v) is 22.2. The Morgan fingerprint density at radius 2 is 0.478 bits per heavy atom. The van der Waals surface area contributed by atoms with Gasteiger partial charge < -0.3 is 14.2 Å². The maximum absolute atomic E-state index is 12.9. The number of carbonyl (C=O) groups is 3. The van der Waals surface area contributed by atoms with Crippen LogP contribution in [-0.4, -0.2) is 37.2 Å². The molecule has 0 aliphatic heterocycles. The summed E-state index contributed by atoms with van der Waals surface area (Å²) in [5, 5.41) is 0. The zero-order chi connectivity index (χ0) is 50.2. The first-order valence-corrected chi connectivity index (χ1v) is 31.4. The summed E-state index contributed by atoms with van der Waals surface area (Å²) in [7, 11) is 0. The van der Waals surface area contributed by atoms with Gasteiger partial charge in [0.2, 0.25) is 0 Å². The molecular weight excluding hydrogens is 853 g/mol. The van der Waals surface area contributed by atoms with E-state index in [-0.39, 0.29) is 31.1 Å². The fourth-order valence-corrected chi connectivity index (χ4v) is 9.81. The molecule has 0 aromatic heterocycles. The molecule has 0 aliphatic carbocycles. The minimum absolute atomic E-state index is 0.0612. The van der Waals surface area contributed by atoms with Gasteiger partial charge in [-0.05, 0) is 25.2 Å². The molecule has 69 heavy (non-hydrogen) atoms. The molecule has 0 aromatic rings. The third kappa shape index (κ3) is 57.2. The van der Waals surface area contributed by atoms with Gasteiger partial charge in [-0.1, -0.05) is 323 Å². The maximum atomic E-state index is 12.9. The number of hydrogen-bond donors (Lipinski definition) is 0. The highest BCUT2D eigenvalue weighted by molar-refractivity contribution is 5.71. The van der Waals surface area contributed by atoms with Crippen LogP contribution in [0.4, 0.5) is 0 Å². The molecule has 410 valence electrons. The van der Waals surface area contributed by atoms with E-state index in [4.69, 9.17) is 14.2 Å². The van der Waals surface area contributed by atoms with Crippen LogP contribution in [0.3, 0.4) is 0 Å². The third-order valence-corrected chi connectivity index (χ3v) is 14.5. The lowest BCUT2D eigenvalue weighted by atomic mass is 10.0. The summed E-state index contributed by atoms with van der Waals surface area (Å²) in [6.07, 6.45) is 63.9. The van der Waals surface area contributed by atoms with Crippen LogP contribution in [0.1, 0.15) is 362 Å². The van der Waals surface area contributed by atoms with Gasteiger partial charge in [0, 0.05) is 19.3 Å². The Kier molecular flexibility index (Phi) is 56.0. The van der Waals surface area contributed by atoms with Gasteiger partial charge in [-0.15, -0.1) is 0 Å². The number of esters is 3. The first-order chi connectivity index (χ1) is 33.9. The van der Waals surface area contributed by atoms with Gasteiger partial charge in [0.25, 0.3) is 0 Å². The average molecular weight is 976 g/mol. The molecule has 0 spiro atoms. The van der Waals surface area contributed by atoms with Gasteiger partial charge in [-0.25, -0.2) is 0 Å². The Labute approximate surface area is 431 Å². The topological polar surface area (TPSA) is 78.9 Å². The lowest BCUT2D eigenvalue weighted by Crippen LogP contribution is -2.30. The van der Waals surface area contributed by atoms with E-state index in [9.17, 15) is 14.4 Å². The van der Waals surface area contributed by atoms with Crippen LogP contribution in [-0.2, 0) is 28.6 Å². The Morgan fingerprint density at radius 3 is 0.710 bits per heavy atom. The summed E-state index contributed by atoms with van der Waals surface area (Å²) < 4.78 is 16.9. The highest BCUT2D eigenvalue weighted by Crippen LogP contribution is 2.19. The van der Waals surface area contributed by atoms with Crippen LogP contribution in [0.2, 0.25) is 0 Å². The first kappa shape index (κ1) is 67.4. The van der Waals surface area contributed by atoms with Crippen LogP contribution in [0, 0.1) is 5.92 Å². The summed E-state index contributed by atoms with van der Waals surface area (Å²) in [4.78, 5) is 38.2. The van der Waals surface area contributed by atoms with Gasteiger partial charge in [-0.2, -0.15) is 0 Å². The zero-order valence-electron chi connectivity index (χ0n) is 47.3. The monoisotopic (exact) mass is 975 g/mol. The van der Waals surface area contributed by atoms with Crippen LogP contribution < -0.4 is 0 Å². The second-order valence-electron chi connectivity index (χ2n) is 22.2. The lowest BCUT2D eigenvalue weighted by Gasteiger charge is -2.18. The van der Waals surface area contributed by atoms with Crippen LogP contribution in [0.15, 0.2) is 0 Å². The molecule has 1 atom stereocenters. The van der Waals surface area contributed by atoms with E-state index in [0.717, 1.165) is 63.7 Å². The number of unbranched alkanes of at least 4 members (excludes halogenated alkanes) is 45. The summed E-state index contributed by atoms with van der Waals surface area (Å²) >= 11 is 0. The fourth-order valence-electron chi connectivity index (χ4n) is 9.81. The molecule has 0 aromatic carbocycles. The van der Waals surface area contributed by atoms with Gasteiger partial charge >= 0.3 is 17.9 Å². The Morgan fingerprint density at radius 1 is 0.275 bits per heavy atom. The maximum Gasteiger partial charge on any atom is 0.306 e. The second kappa shape index (κ2) is 57.3. The lowest BCUT2D eigenvalue weighted by molar-refractivity contribution is -0.167. The van der Waals surface area contributed by atoms with E-state index in [2.05, 4.69) is 27.7 Å². The van der Waals surface area contributed by atoms with Gasteiger partial charge in [-0.3, -0.25) is 14.4 Å². The highest BCUT2D eigenvalue weighted by atomic mass is 16.6. The molecule has 0 amide bonds. The molecular formula is C63H122O6. The molecule has 0 aliphatic rings. The normalized spacial score (nSPS) is 12.0. The standard InChI is InChI=1S/C63H122O6/c1-5-7-9-11-13-15-17-19-20-23-27-31-35-39-43-47-51-55-62(65)68-58-60(57-67-61(64)54-50-46-42-38-34-29-18-16-14-12-10-8-6-2)69-63(66)56-52-48-44-40-36-32-28-25-22-21-24-26-30-33-37-41-45-49-53-59(3)4/h59-60H,5-58H2,1-4H3/t60-/m0/s1. The van der Waals surface area contributed by atoms with Gasteiger partial charge in [0.1, 0.15) is 13.2 Å². The number of carbonyl (C=O) groups excluding carboxylic acids is 3. The first-order valence-electron chi connectivity index (χ1n) is 31.4. The molecule has 0 bridgehead atoms. The predicted octanol–water partition coefficient (Wildman–Crippen LogP) is 21.0. The molecule has 0 heterocycles. The fraction of sp³-hybridized carbons (Fsp3) is 0.952. The van der Waals surface area contributed by atoms with Crippen molar-refractivity contribution in [2.45, 2.75) is 368 Å². The minimum atomic E-state index is -0.762. The molecule has 0 saturated carbocycles. The minimum Gasteiger partial charge on any atom is -0.462 e. The van der Waals surface area contributed by atoms with Crippen molar-refractivity contribution in [3.8, 4) is 0 Å². The van der Waals surface area contributed by atoms with E-state index in [1.165, 1.54) is 257 Å². The number of hydrogen-bond acceptors (Lipinski definition) is 6. The smallest absolute Gasteiger partial charge is 0.306 e. The van der Waals surface area contributed by atoms with Crippen molar-refractivity contribution < 1.29 is 28.6 Å². The molecule has 0 saturated heterocycles. The van der Waals surface area contributed by atoms with Gasteiger partial charge in [0.15, 0.2) is 6.10 Å². The molecule has 0 unspecified atom stereocenters. The van der Waals surface area contributed by atoms with E-state index >= 15 is 0 Å². The summed E-state index contributed by atoms with van der Waals surface area (Å²) in [5.74, 6) is 0.0294. The van der Waals surface area contributed by atoms with E-state index in [1.54, 1.807) is 0 Å². The van der Waals surface area contributed by atoms with E-state index in [0.29, 0.717) is 19.3 Å². The number of ether oxygens (including phenoxy) is 3. The Hall–Kier alpha value is -1.59. The molecule has 0 radical (unpaired) electrons. The van der Waals surface area contributed by atoms with Gasteiger partial charge in [0.05, 0.1) is 0 Å².